The van der Waals surface area contributed by atoms with Crippen LogP contribution in [-0.4, -0.2) is 95.4 Å². The molecular weight excluding hydrogens is 760 g/mol. The van der Waals surface area contributed by atoms with Crippen LogP contribution < -0.4 is 25.4 Å². The van der Waals surface area contributed by atoms with Crippen molar-refractivity contribution in [2.75, 3.05) is 26.1 Å². The Bertz CT molecular complexity index is 1990. The Hall–Kier alpha value is -4.63. The SMILES string of the molecule is C=CC1CC1(NC(=O)C1CC(Oc2cc(-c3csc(NC(C)C)n3)nc3c(Cl)c(OC)ccc23)CN1C(=O)C(NC(=O)OC1CCCC1)C(C)(C)C)C(=O)OC. The van der Waals surface area contributed by atoms with E-state index in [9.17, 15) is 19.2 Å². The lowest BCUT2D eigenvalue weighted by atomic mass is 9.85. The number of rotatable bonds is 13. The first-order valence-electron chi connectivity index (χ1n) is 19.0. The van der Waals surface area contributed by atoms with Crippen molar-refractivity contribution in [3.63, 3.8) is 0 Å². The molecule has 5 atom stereocenters. The van der Waals surface area contributed by atoms with E-state index in [-0.39, 0.29) is 36.1 Å². The van der Waals surface area contributed by atoms with Gasteiger partial charge in [0, 0.05) is 35.2 Å². The molecule has 3 heterocycles. The molecule has 1 aliphatic heterocycles. The third kappa shape index (κ3) is 8.53. The number of aromatic nitrogens is 2. The van der Waals surface area contributed by atoms with Crippen molar-refractivity contribution < 1.29 is 38.1 Å². The second kappa shape index (κ2) is 16.5. The highest BCUT2D eigenvalue weighted by Crippen LogP contribution is 2.46. The topological polar surface area (TPSA) is 170 Å². The van der Waals surface area contributed by atoms with Crippen LogP contribution in [0.4, 0.5) is 9.93 Å². The molecule has 14 nitrogen and oxygen atoms in total. The zero-order valence-electron chi connectivity index (χ0n) is 32.9. The number of carbonyl (C=O) groups excluding carboxylic acids is 4. The Morgan fingerprint density at radius 3 is 2.43 bits per heavy atom. The summed E-state index contributed by atoms with van der Waals surface area (Å²) in [5.74, 6) is -1.15. The van der Waals surface area contributed by atoms with Gasteiger partial charge in [-0.15, -0.1) is 17.9 Å². The summed E-state index contributed by atoms with van der Waals surface area (Å²) >= 11 is 8.27. The van der Waals surface area contributed by atoms with E-state index in [1.54, 1.807) is 24.3 Å². The van der Waals surface area contributed by atoms with Crippen molar-refractivity contribution in [2.24, 2.45) is 11.3 Å². The zero-order chi connectivity index (χ0) is 40.5. The van der Waals surface area contributed by atoms with E-state index in [1.807, 2.05) is 40.0 Å². The number of nitrogens with one attached hydrogen (secondary N) is 3. The van der Waals surface area contributed by atoms with Gasteiger partial charge in [0.15, 0.2) is 5.13 Å². The predicted octanol–water partition coefficient (Wildman–Crippen LogP) is 6.51. The fraction of sp³-hybridized carbons (Fsp3) is 0.550. The van der Waals surface area contributed by atoms with Crippen LogP contribution in [0.25, 0.3) is 22.3 Å². The number of fused-ring (bicyclic) bond motifs is 1. The van der Waals surface area contributed by atoms with Crippen molar-refractivity contribution in [1.29, 1.82) is 0 Å². The number of hydrogen-bond donors (Lipinski definition) is 3. The fourth-order valence-corrected chi connectivity index (χ4v) is 8.60. The number of carbonyl (C=O) groups is 4. The number of halogens is 1. The maximum absolute atomic E-state index is 14.7. The van der Waals surface area contributed by atoms with E-state index < -0.39 is 53.0 Å². The lowest BCUT2D eigenvalue weighted by Gasteiger charge is -2.35. The largest absolute Gasteiger partial charge is 0.495 e. The van der Waals surface area contributed by atoms with Crippen molar-refractivity contribution in [3.8, 4) is 22.9 Å². The van der Waals surface area contributed by atoms with Gasteiger partial charge >= 0.3 is 12.1 Å². The molecule has 3 aliphatic rings. The third-order valence-electron chi connectivity index (χ3n) is 10.5. The summed E-state index contributed by atoms with van der Waals surface area (Å²) in [5.41, 5.74) is -0.546. The number of alkyl carbamates (subject to hydrolysis) is 1. The number of anilines is 1. The molecule has 3 N–H and O–H groups in total. The van der Waals surface area contributed by atoms with Crippen LogP contribution in [0.2, 0.25) is 5.02 Å². The highest BCUT2D eigenvalue weighted by Gasteiger charge is 2.62. The van der Waals surface area contributed by atoms with Crippen molar-refractivity contribution in [1.82, 2.24) is 25.5 Å². The van der Waals surface area contributed by atoms with Gasteiger partial charge in [0.1, 0.15) is 52.0 Å². The quantitative estimate of drug-likeness (QED) is 0.127. The van der Waals surface area contributed by atoms with E-state index in [2.05, 4.69) is 22.5 Å². The van der Waals surface area contributed by atoms with Gasteiger partial charge in [0.05, 0.1) is 32.0 Å². The highest BCUT2D eigenvalue weighted by molar-refractivity contribution is 7.14. The van der Waals surface area contributed by atoms with Crippen LogP contribution in [-0.2, 0) is 23.9 Å². The smallest absolute Gasteiger partial charge is 0.408 e. The van der Waals surface area contributed by atoms with Crippen LogP contribution in [0.15, 0.2) is 36.2 Å². The van der Waals surface area contributed by atoms with E-state index in [1.165, 1.54) is 30.5 Å². The van der Waals surface area contributed by atoms with Crippen LogP contribution >= 0.6 is 22.9 Å². The number of thiazole rings is 1. The summed E-state index contributed by atoms with van der Waals surface area (Å²) in [4.78, 5) is 66.1. The fourth-order valence-electron chi connectivity index (χ4n) is 7.47. The minimum Gasteiger partial charge on any atom is -0.495 e. The first-order valence-corrected chi connectivity index (χ1v) is 20.2. The summed E-state index contributed by atoms with van der Waals surface area (Å²) in [5, 5.41) is 12.5. The molecule has 0 radical (unpaired) electrons. The van der Waals surface area contributed by atoms with Gasteiger partial charge in [-0.05, 0) is 63.5 Å². The molecule has 6 rings (SSSR count). The number of benzene rings is 1. The average molecular weight is 811 g/mol. The molecular formula is C40H51ClN6O8S. The zero-order valence-corrected chi connectivity index (χ0v) is 34.5. The van der Waals surface area contributed by atoms with Crippen LogP contribution in [0, 0.1) is 11.3 Å². The number of likely N-dealkylation sites (tertiary alicyclic amines) is 1. The molecule has 5 unspecified atom stereocenters. The number of methoxy groups -OCH3 is 2. The summed E-state index contributed by atoms with van der Waals surface area (Å²) in [6, 6.07) is 3.32. The molecule has 3 aromatic rings. The number of hydrogen-bond acceptors (Lipinski definition) is 12. The van der Waals surface area contributed by atoms with Crippen molar-refractivity contribution in [3.05, 3.63) is 41.3 Å². The predicted molar refractivity (Wildman–Crippen MR) is 214 cm³/mol. The van der Waals surface area contributed by atoms with E-state index in [4.69, 9.17) is 40.5 Å². The molecule has 16 heteroatoms. The number of amides is 3. The number of pyridine rings is 1. The summed E-state index contributed by atoms with van der Waals surface area (Å²) in [6.45, 7) is 13.3. The Kier molecular flexibility index (Phi) is 12.1. The normalized spacial score (nSPS) is 22.7. The molecule has 0 spiro atoms. The molecule has 3 fully saturated rings. The van der Waals surface area contributed by atoms with Gasteiger partial charge in [0.25, 0.3) is 0 Å². The molecule has 2 aromatic heterocycles. The summed E-state index contributed by atoms with van der Waals surface area (Å²) < 4.78 is 23.0. The Balaban J connectivity index is 1.35. The number of nitrogens with zero attached hydrogens (tertiary/aromatic N) is 3. The maximum Gasteiger partial charge on any atom is 0.408 e. The maximum atomic E-state index is 14.7. The lowest BCUT2D eigenvalue weighted by Crippen LogP contribution is -2.59. The molecule has 2 aliphatic carbocycles. The standard InChI is InChI=1S/C40H51ClN6O8S/c1-9-22-18-40(22,36(50)53-8)46-34(48)28-16-24(19-47(28)35(49)33(39(4,5)6)45-38(51)55-23-12-10-11-13-23)54-30-17-26(27-20-56-37(44-27)42-21(2)3)43-32-25(30)14-15-29(52-7)31(32)41/h9,14-15,17,20-24,28,33H,1,10-13,16,18-19H2,2-8H3,(H,42,44)(H,45,51)(H,46,48). The average Bonchev–Trinajstić information content (AvgIpc) is 3.57. The monoisotopic (exact) mass is 810 g/mol. The summed E-state index contributed by atoms with van der Waals surface area (Å²) in [7, 11) is 2.78. The number of ether oxygens (including phenoxy) is 4. The second-order valence-electron chi connectivity index (χ2n) is 16.1. The van der Waals surface area contributed by atoms with Crippen LogP contribution in [0.3, 0.4) is 0 Å². The molecule has 2 saturated carbocycles. The molecule has 1 aromatic carbocycles. The molecule has 56 heavy (non-hydrogen) atoms. The van der Waals surface area contributed by atoms with Gasteiger partial charge in [-0.25, -0.2) is 19.6 Å². The van der Waals surface area contributed by atoms with Crippen molar-refractivity contribution in [2.45, 2.75) is 109 Å². The Morgan fingerprint density at radius 1 is 1.07 bits per heavy atom. The minimum absolute atomic E-state index is 0.0127. The lowest BCUT2D eigenvalue weighted by molar-refractivity contribution is -0.148. The van der Waals surface area contributed by atoms with Gasteiger partial charge in [-0.2, -0.15) is 0 Å². The third-order valence-corrected chi connectivity index (χ3v) is 11.7. The number of esters is 1. The highest BCUT2D eigenvalue weighted by atomic mass is 35.5. The van der Waals surface area contributed by atoms with Gasteiger partial charge in [0.2, 0.25) is 11.8 Å². The molecule has 3 amide bonds. The second-order valence-corrected chi connectivity index (χ2v) is 17.3. The van der Waals surface area contributed by atoms with Gasteiger partial charge in [-0.1, -0.05) is 38.4 Å². The van der Waals surface area contributed by atoms with Gasteiger partial charge in [-0.3, -0.25) is 9.59 Å². The van der Waals surface area contributed by atoms with E-state index in [0.717, 1.165) is 30.8 Å². The first-order chi connectivity index (χ1) is 26.6. The molecule has 0 bridgehead atoms. The van der Waals surface area contributed by atoms with Gasteiger partial charge < -0.3 is 39.8 Å². The van der Waals surface area contributed by atoms with Crippen LogP contribution in [0.5, 0.6) is 11.5 Å². The Labute approximate surface area is 336 Å². The van der Waals surface area contributed by atoms with E-state index in [0.29, 0.717) is 40.2 Å². The first kappa shape index (κ1) is 41.0. The minimum atomic E-state index is -1.29. The van der Waals surface area contributed by atoms with Crippen molar-refractivity contribution >= 4 is 62.8 Å². The summed E-state index contributed by atoms with van der Waals surface area (Å²) in [6.07, 6.45) is 3.86. The van der Waals surface area contributed by atoms with Crippen LogP contribution in [0.1, 0.15) is 73.1 Å². The molecule has 1 saturated heterocycles. The Morgan fingerprint density at radius 2 is 1.80 bits per heavy atom. The molecule has 302 valence electrons. The van der Waals surface area contributed by atoms with E-state index >= 15 is 0 Å².